The van der Waals surface area contributed by atoms with Crippen LogP contribution in [0.15, 0.2) is 0 Å². The minimum atomic E-state index is 0.713. The van der Waals surface area contributed by atoms with Gasteiger partial charge in [-0.1, -0.05) is 57.8 Å². The Balaban J connectivity index is 2.30. The number of nitrogens with two attached hydrogens (primary N) is 1. The molecule has 0 aromatic rings. The molecule has 0 aromatic heterocycles. The van der Waals surface area contributed by atoms with Crippen molar-refractivity contribution in [3.05, 3.63) is 0 Å². The van der Waals surface area contributed by atoms with Gasteiger partial charge in [-0.15, -0.1) is 0 Å². The third-order valence-corrected chi connectivity index (χ3v) is 3.99. The Morgan fingerprint density at radius 1 is 0.812 bits per heavy atom. The molecule has 0 spiro atoms. The quantitative estimate of drug-likeness (QED) is 0.730. The third kappa shape index (κ3) is 5.86. The summed E-state index contributed by atoms with van der Waals surface area (Å²) < 4.78 is 0. The summed E-state index contributed by atoms with van der Waals surface area (Å²) in [6.45, 7) is 0.713. The summed E-state index contributed by atoms with van der Waals surface area (Å²) in [4.78, 5) is 2.34. The van der Waals surface area contributed by atoms with Gasteiger partial charge >= 0.3 is 0 Å². The van der Waals surface area contributed by atoms with Gasteiger partial charge < -0.3 is 5.73 Å². The van der Waals surface area contributed by atoms with Crippen molar-refractivity contribution in [2.75, 3.05) is 13.7 Å². The van der Waals surface area contributed by atoms with E-state index in [2.05, 4.69) is 11.9 Å². The molecule has 2 N–H and O–H groups in total. The molecular weight excluding hydrogens is 196 g/mol. The number of nitrogens with zero attached hydrogens (tertiary/aromatic N) is 1. The zero-order valence-corrected chi connectivity index (χ0v) is 11.1. The third-order valence-electron chi connectivity index (χ3n) is 3.99. The highest BCUT2D eigenvalue weighted by Crippen LogP contribution is 2.19. The summed E-state index contributed by atoms with van der Waals surface area (Å²) in [6, 6.07) is 0.740. The van der Waals surface area contributed by atoms with Gasteiger partial charge in [-0.25, -0.2) is 0 Å². The SMILES string of the molecule is CN(CN)C1CCCCCCCCCCC1. The second-order valence-corrected chi connectivity index (χ2v) is 5.35. The minimum Gasteiger partial charge on any atom is -0.318 e. The van der Waals surface area contributed by atoms with Crippen LogP contribution in [0, 0.1) is 0 Å². The van der Waals surface area contributed by atoms with E-state index in [1.807, 2.05) is 0 Å². The van der Waals surface area contributed by atoms with Crippen molar-refractivity contribution in [2.45, 2.75) is 76.7 Å². The lowest BCUT2D eigenvalue weighted by Gasteiger charge is -2.27. The fourth-order valence-electron chi connectivity index (χ4n) is 2.73. The van der Waals surface area contributed by atoms with Crippen molar-refractivity contribution in [1.82, 2.24) is 4.90 Å². The van der Waals surface area contributed by atoms with Crippen LogP contribution in [-0.2, 0) is 0 Å². The van der Waals surface area contributed by atoms with Crippen molar-refractivity contribution in [2.24, 2.45) is 5.73 Å². The summed E-state index contributed by atoms with van der Waals surface area (Å²) in [5, 5.41) is 0. The Labute approximate surface area is 102 Å². The largest absolute Gasteiger partial charge is 0.318 e. The molecule has 0 saturated heterocycles. The number of hydrogen-bond donors (Lipinski definition) is 1. The zero-order chi connectivity index (χ0) is 11.6. The predicted molar refractivity (Wildman–Crippen MR) is 71.4 cm³/mol. The second kappa shape index (κ2) is 9.00. The maximum absolute atomic E-state index is 5.74. The molecule has 1 rings (SSSR count). The molecule has 0 radical (unpaired) electrons. The van der Waals surface area contributed by atoms with Gasteiger partial charge in [-0.3, -0.25) is 4.90 Å². The van der Waals surface area contributed by atoms with Crippen LogP contribution in [0.3, 0.4) is 0 Å². The maximum Gasteiger partial charge on any atom is 0.0455 e. The molecule has 0 bridgehead atoms. The van der Waals surface area contributed by atoms with Gasteiger partial charge in [0.1, 0.15) is 0 Å². The molecule has 0 unspecified atom stereocenters. The molecule has 16 heavy (non-hydrogen) atoms. The second-order valence-electron chi connectivity index (χ2n) is 5.35. The topological polar surface area (TPSA) is 29.3 Å². The minimum absolute atomic E-state index is 0.713. The molecule has 1 aliphatic carbocycles. The first-order valence-electron chi connectivity index (χ1n) is 7.25. The fraction of sp³-hybridized carbons (Fsp3) is 1.00. The lowest BCUT2D eigenvalue weighted by Crippen LogP contribution is -2.36. The predicted octanol–water partition coefficient (Wildman–Crippen LogP) is 3.51. The zero-order valence-electron chi connectivity index (χ0n) is 11.1. The van der Waals surface area contributed by atoms with Crippen LogP contribution in [0.25, 0.3) is 0 Å². The molecule has 0 aliphatic heterocycles. The average Bonchev–Trinajstić information content (AvgIpc) is 2.29. The summed E-state index contributed by atoms with van der Waals surface area (Å²) in [5.41, 5.74) is 5.74. The normalized spacial score (nSPS) is 22.7. The highest BCUT2D eigenvalue weighted by atomic mass is 15.2. The van der Waals surface area contributed by atoms with Crippen molar-refractivity contribution >= 4 is 0 Å². The molecule has 2 nitrogen and oxygen atoms in total. The van der Waals surface area contributed by atoms with E-state index < -0.39 is 0 Å². The molecule has 1 saturated carbocycles. The van der Waals surface area contributed by atoms with E-state index in [4.69, 9.17) is 5.73 Å². The molecule has 0 heterocycles. The van der Waals surface area contributed by atoms with Crippen molar-refractivity contribution in [1.29, 1.82) is 0 Å². The molecular formula is C14H30N2. The Morgan fingerprint density at radius 2 is 1.19 bits per heavy atom. The van der Waals surface area contributed by atoms with Crippen LogP contribution in [0.1, 0.15) is 70.6 Å². The van der Waals surface area contributed by atoms with E-state index in [-0.39, 0.29) is 0 Å². The Hall–Kier alpha value is -0.0800. The van der Waals surface area contributed by atoms with Crippen molar-refractivity contribution < 1.29 is 0 Å². The van der Waals surface area contributed by atoms with Crippen LogP contribution >= 0.6 is 0 Å². The summed E-state index contributed by atoms with van der Waals surface area (Å²) in [6.07, 6.45) is 15.6. The fourth-order valence-corrected chi connectivity index (χ4v) is 2.73. The summed E-state index contributed by atoms with van der Waals surface area (Å²) in [7, 11) is 2.18. The first-order valence-corrected chi connectivity index (χ1v) is 7.25. The van der Waals surface area contributed by atoms with Gasteiger partial charge in [0.25, 0.3) is 0 Å². The first kappa shape index (κ1) is 14.0. The van der Waals surface area contributed by atoms with Crippen LogP contribution in [0.4, 0.5) is 0 Å². The van der Waals surface area contributed by atoms with Gasteiger partial charge in [0.05, 0.1) is 0 Å². The molecule has 0 aromatic carbocycles. The van der Waals surface area contributed by atoms with Crippen molar-refractivity contribution in [3.63, 3.8) is 0 Å². The number of rotatable bonds is 2. The van der Waals surface area contributed by atoms with Gasteiger partial charge in [0.2, 0.25) is 0 Å². The van der Waals surface area contributed by atoms with Crippen LogP contribution in [-0.4, -0.2) is 24.7 Å². The Morgan fingerprint density at radius 3 is 1.56 bits per heavy atom. The van der Waals surface area contributed by atoms with E-state index in [9.17, 15) is 0 Å². The first-order chi connectivity index (χ1) is 7.84. The summed E-state index contributed by atoms with van der Waals surface area (Å²) in [5.74, 6) is 0. The van der Waals surface area contributed by atoms with E-state index >= 15 is 0 Å². The lowest BCUT2D eigenvalue weighted by atomic mass is 9.97. The van der Waals surface area contributed by atoms with Gasteiger partial charge in [-0.05, 0) is 19.9 Å². The highest BCUT2D eigenvalue weighted by molar-refractivity contribution is 4.68. The van der Waals surface area contributed by atoms with Crippen LogP contribution in [0.5, 0.6) is 0 Å². The van der Waals surface area contributed by atoms with E-state index in [1.54, 1.807) is 0 Å². The monoisotopic (exact) mass is 226 g/mol. The van der Waals surface area contributed by atoms with Gasteiger partial charge in [0.15, 0.2) is 0 Å². The highest BCUT2D eigenvalue weighted by Gasteiger charge is 2.13. The smallest absolute Gasteiger partial charge is 0.0455 e. The van der Waals surface area contributed by atoms with Crippen molar-refractivity contribution in [3.8, 4) is 0 Å². The Kier molecular flexibility index (Phi) is 7.87. The van der Waals surface area contributed by atoms with E-state index in [0.29, 0.717) is 6.67 Å². The maximum atomic E-state index is 5.74. The molecule has 0 amide bonds. The molecule has 2 heteroatoms. The van der Waals surface area contributed by atoms with Gasteiger partial charge in [0, 0.05) is 12.7 Å². The standard InChI is InChI=1S/C14H30N2/c1-16(13-15)14-11-9-7-5-3-2-4-6-8-10-12-14/h14H,2-13,15H2,1H3. The van der Waals surface area contributed by atoms with Crippen LogP contribution in [0.2, 0.25) is 0 Å². The summed E-state index contributed by atoms with van der Waals surface area (Å²) >= 11 is 0. The molecule has 1 fully saturated rings. The average molecular weight is 226 g/mol. The number of hydrogen-bond acceptors (Lipinski definition) is 2. The van der Waals surface area contributed by atoms with Gasteiger partial charge in [-0.2, -0.15) is 0 Å². The molecule has 1 aliphatic rings. The van der Waals surface area contributed by atoms with E-state index in [0.717, 1.165) is 6.04 Å². The van der Waals surface area contributed by atoms with Crippen LogP contribution < -0.4 is 5.73 Å². The van der Waals surface area contributed by atoms with E-state index in [1.165, 1.54) is 70.6 Å². The lowest BCUT2D eigenvalue weighted by molar-refractivity contribution is 0.214. The Bertz CT molecular complexity index is 147. The molecule has 0 atom stereocenters. The molecule has 96 valence electrons.